The Morgan fingerprint density at radius 1 is 1.13 bits per heavy atom. The number of rotatable bonds is 4. The summed E-state index contributed by atoms with van der Waals surface area (Å²) in [6, 6.07) is 17.9. The Morgan fingerprint density at radius 2 is 1.90 bits per heavy atom. The lowest BCUT2D eigenvalue weighted by atomic mass is 9.87. The minimum absolute atomic E-state index is 0.133. The fourth-order valence-electron chi connectivity index (χ4n) is 4.73. The first-order valence-corrected chi connectivity index (χ1v) is 11.3. The van der Waals surface area contributed by atoms with E-state index in [0.29, 0.717) is 23.3 Å². The van der Waals surface area contributed by atoms with Crippen molar-refractivity contribution in [2.45, 2.75) is 43.4 Å². The molecule has 30 heavy (non-hydrogen) atoms. The molecule has 0 radical (unpaired) electrons. The molecule has 7 heteroatoms. The summed E-state index contributed by atoms with van der Waals surface area (Å²) >= 11 is 2.22. The van der Waals surface area contributed by atoms with Crippen LogP contribution >= 0.6 is 22.6 Å². The van der Waals surface area contributed by atoms with Gasteiger partial charge in [0.2, 0.25) is 11.7 Å². The SMILES string of the molecule is CN1[C@H]2CC[C@@H]1[C@@H](c1nc(-c3ccccc3)no1)[C@@H](OC(=O)c1ccc(I)cc1)C2. The molecule has 5 rings (SSSR count). The third-order valence-corrected chi connectivity index (χ3v) is 7.03. The third kappa shape index (κ3) is 3.65. The van der Waals surface area contributed by atoms with Crippen LogP contribution in [0, 0.1) is 3.57 Å². The lowest BCUT2D eigenvalue weighted by Crippen LogP contribution is -2.49. The zero-order valence-electron chi connectivity index (χ0n) is 16.6. The Bertz CT molecular complexity index is 1040. The summed E-state index contributed by atoms with van der Waals surface area (Å²) in [5, 5.41) is 4.20. The summed E-state index contributed by atoms with van der Waals surface area (Å²) in [4.78, 5) is 19.9. The van der Waals surface area contributed by atoms with Crippen LogP contribution in [-0.2, 0) is 4.74 Å². The van der Waals surface area contributed by atoms with Gasteiger partial charge in [-0.1, -0.05) is 35.5 Å². The molecule has 3 heterocycles. The van der Waals surface area contributed by atoms with Gasteiger partial charge in [-0.3, -0.25) is 4.90 Å². The van der Waals surface area contributed by atoms with Crippen molar-refractivity contribution in [3.8, 4) is 11.4 Å². The minimum atomic E-state index is -0.298. The fraction of sp³-hybridized carbons (Fsp3) is 0.348. The Balaban J connectivity index is 1.43. The average Bonchev–Trinajstić information content (AvgIpc) is 3.33. The molecule has 2 aliphatic heterocycles. The average molecular weight is 515 g/mol. The first kappa shape index (κ1) is 19.7. The zero-order valence-corrected chi connectivity index (χ0v) is 18.7. The highest BCUT2D eigenvalue weighted by Crippen LogP contribution is 2.44. The van der Waals surface area contributed by atoms with Crippen molar-refractivity contribution < 1.29 is 14.1 Å². The number of aromatic nitrogens is 2. The number of ether oxygens (including phenoxy) is 1. The Labute approximate surface area is 188 Å². The summed E-state index contributed by atoms with van der Waals surface area (Å²) in [7, 11) is 2.14. The Kier molecular flexibility index (Phi) is 5.32. The summed E-state index contributed by atoms with van der Waals surface area (Å²) in [5.74, 6) is 0.683. The van der Waals surface area contributed by atoms with Gasteiger partial charge in [-0.15, -0.1) is 0 Å². The van der Waals surface area contributed by atoms with Gasteiger partial charge in [-0.25, -0.2) is 4.79 Å². The molecule has 0 unspecified atom stereocenters. The smallest absolute Gasteiger partial charge is 0.338 e. The van der Waals surface area contributed by atoms with Gasteiger partial charge in [0.1, 0.15) is 6.10 Å². The molecule has 0 aliphatic carbocycles. The van der Waals surface area contributed by atoms with Crippen LogP contribution in [0.25, 0.3) is 11.4 Å². The summed E-state index contributed by atoms with van der Waals surface area (Å²) in [5.41, 5.74) is 1.48. The predicted molar refractivity (Wildman–Crippen MR) is 120 cm³/mol. The molecule has 2 bridgehead atoms. The number of hydrogen-bond donors (Lipinski definition) is 0. The molecular weight excluding hydrogens is 493 g/mol. The number of likely N-dealkylation sites (N-methyl/N-ethyl adjacent to an activating group) is 1. The van der Waals surface area contributed by atoms with E-state index in [1.165, 1.54) is 0 Å². The maximum atomic E-state index is 12.8. The second-order valence-corrected chi connectivity index (χ2v) is 9.24. The van der Waals surface area contributed by atoms with E-state index in [2.05, 4.69) is 39.7 Å². The number of hydrogen-bond acceptors (Lipinski definition) is 6. The quantitative estimate of drug-likeness (QED) is 0.376. The third-order valence-electron chi connectivity index (χ3n) is 6.31. The van der Waals surface area contributed by atoms with Gasteiger partial charge in [-0.2, -0.15) is 4.98 Å². The molecule has 154 valence electrons. The van der Waals surface area contributed by atoms with Crippen molar-refractivity contribution in [2.24, 2.45) is 0 Å². The van der Waals surface area contributed by atoms with Gasteiger partial charge < -0.3 is 9.26 Å². The molecule has 0 N–H and O–H groups in total. The number of carbonyl (C=O) groups excluding carboxylic acids is 1. The van der Waals surface area contributed by atoms with Gasteiger partial charge in [0.05, 0.1) is 11.5 Å². The van der Waals surface area contributed by atoms with E-state index in [0.717, 1.165) is 28.4 Å². The number of carbonyl (C=O) groups is 1. The van der Waals surface area contributed by atoms with E-state index >= 15 is 0 Å². The van der Waals surface area contributed by atoms with E-state index in [1.807, 2.05) is 54.6 Å². The van der Waals surface area contributed by atoms with Crippen LogP contribution in [0.15, 0.2) is 59.1 Å². The molecule has 0 amide bonds. The van der Waals surface area contributed by atoms with Crippen molar-refractivity contribution in [3.63, 3.8) is 0 Å². The van der Waals surface area contributed by atoms with E-state index in [4.69, 9.17) is 14.2 Å². The summed E-state index contributed by atoms with van der Waals surface area (Å²) in [6.07, 6.45) is 2.62. The molecule has 1 aromatic heterocycles. The van der Waals surface area contributed by atoms with E-state index in [-0.39, 0.29) is 24.0 Å². The van der Waals surface area contributed by atoms with Crippen molar-refractivity contribution in [1.82, 2.24) is 15.0 Å². The highest BCUT2D eigenvalue weighted by atomic mass is 127. The van der Waals surface area contributed by atoms with Crippen LogP contribution in [-0.4, -0.2) is 46.2 Å². The fourth-order valence-corrected chi connectivity index (χ4v) is 5.09. The number of fused-ring (bicyclic) bond motifs is 2. The van der Waals surface area contributed by atoms with Crippen molar-refractivity contribution >= 4 is 28.6 Å². The second kappa shape index (κ2) is 8.11. The number of benzene rings is 2. The normalized spacial score (nSPS) is 25.9. The van der Waals surface area contributed by atoms with Crippen LogP contribution in [0.3, 0.4) is 0 Å². The standard InChI is InChI=1S/C23H22IN3O3/c1-27-17-11-12-18(27)20(22-25-21(26-30-22)14-5-3-2-4-6-14)19(13-17)29-23(28)15-7-9-16(24)10-8-15/h2-10,17-20H,11-13H2,1H3/t17-,18+,19-,20+/m0/s1. The van der Waals surface area contributed by atoms with Crippen LogP contribution in [0.5, 0.6) is 0 Å². The van der Waals surface area contributed by atoms with Crippen molar-refractivity contribution in [1.29, 1.82) is 0 Å². The highest BCUT2D eigenvalue weighted by molar-refractivity contribution is 14.1. The van der Waals surface area contributed by atoms with Gasteiger partial charge in [0.15, 0.2) is 0 Å². The number of nitrogens with zero attached hydrogens (tertiary/aromatic N) is 3. The van der Waals surface area contributed by atoms with Gasteiger partial charge >= 0.3 is 5.97 Å². The molecule has 2 fully saturated rings. The molecule has 2 saturated heterocycles. The molecule has 3 aromatic rings. The molecule has 4 atom stereocenters. The lowest BCUT2D eigenvalue weighted by Gasteiger charge is -2.40. The number of esters is 1. The second-order valence-electron chi connectivity index (χ2n) is 8.00. The van der Waals surface area contributed by atoms with Crippen LogP contribution < -0.4 is 0 Å². The molecule has 0 saturated carbocycles. The molecule has 0 spiro atoms. The molecule has 2 aliphatic rings. The van der Waals surface area contributed by atoms with Gasteiger partial charge in [0.25, 0.3) is 0 Å². The number of piperidine rings is 1. The largest absolute Gasteiger partial charge is 0.458 e. The van der Waals surface area contributed by atoms with Crippen molar-refractivity contribution in [2.75, 3.05) is 7.05 Å². The van der Waals surface area contributed by atoms with Crippen LogP contribution in [0.2, 0.25) is 0 Å². The van der Waals surface area contributed by atoms with E-state index in [9.17, 15) is 4.79 Å². The molecule has 2 aromatic carbocycles. The van der Waals surface area contributed by atoms with Gasteiger partial charge in [-0.05, 0) is 66.7 Å². The molecular formula is C23H22IN3O3. The first-order chi connectivity index (χ1) is 14.6. The Hall–Kier alpha value is -2.26. The maximum absolute atomic E-state index is 12.8. The van der Waals surface area contributed by atoms with E-state index in [1.54, 1.807) is 0 Å². The van der Waals surface area contributed by atoms with E-state index < -0.39 is 0 Å². The van der Waals surface area contributed by atoms with Crippen molar-refractivity contribution in [3.05, 3.63) is 69.6 Å². The topological polar surface area (TPSA) is 68.5 Å². The first-order valence-electron chi connectivity index (χ1n) is 10.2. The predicted octanol–water partition coefficient (Wildman–Crippen LogP) is 4.52. The zero-order chi connectivity index (χ0) is 20.7. The number of halogens is 1. The van der Waals surface area contributed by atoms with Crippen LogP contribution in [0.4, 0.5) is 0 Å². The van der Waals surface area contributed by atoms with Crippen LogP contribution in [0.1, 0.15) is 41.4 Å². The van der Waals surface area contributed by atoms with Gasteiger partial charge in [0, 0.05) is 27.6 Å². The minimum Gasteiger partial charge on any atom is -0.458 e. The Morgan fingerprint density at radius 3 is 2.67 bits per heavy atom. The lowest BCUT2D eigenvalue weighted by molar-refractivity contribution is -0.0187. The summed E-state index contributed by atoms with van der Waals surface area (Å²) in [6.45, 7) is 0. The monoisotopic (exact) mass is 515 g/mol. The highest BCUT2D eigenvalue weighted by Gasteiger charge is 2.50. The maximum Gasteiger partial charge on any atom is 0.338 e. The summed E-state index contributed by atoms with van der Waals surface area (Å²) < 4.78 is 12.8. The molecule has 6 nitrogen and oxygen atoms in total.